The monoisotopic (exact) mass is 307 g/mol. The summed E-state index contributed by atoms with van der Waals surface area (Å²) in [5, 5.41) is 7.74. The third-order valence-corrected chi connectivity index (χ3v) is 3.72. The number of hydrogen-bond acceptors (Lipinski definition) is 2. The zero-order chi connectivity index (χ0) is 13.1. The van der Waals surface area contributed by atoms with Gasteiger partial charge in [-0.05, 0) is 42.4 Å². The topological polar surface area (TPSA) is 29.9 Å². The quantitative estimate of drug-likeness (QED) is 0.939. The van der Waals surface area contributed by atoms with Crippen LogP contribution < -0.4 is 5.32 Å². The highest BCUT2D eigenvalue weighted by molar-refractivity contribution is 9.10. The first-order valence-corrected chi connectivity index (χ1v) is 6.91. The lowest BCUT2D eigenvalue weighted by Crippen LogP contribution is -2.21. The van der Waals surface area contributed by atoms with E-state index in [0.29, 0.717) is 0 Å². The summed E-state index contributed by atoms with van der Waals surface area (Å²) in [6.45, 7) is 5.07. The number of hydrogen-bond donors (Lipinski definition) is 1. The molecule has 0 radical (unpaired) electrons. The SMILES string of the molecule is CCn1ncc(Br)c1C(NC)c1ccc(C)cc1. The molecular weight excluding hydrogens is 290 g/mol. The minimum absolute atomic E-state index is 0.155. The predicted molar refractivity (Wildman–Crippen MR) is 77.7 cm³/mol. The molecule has 0 aliphatic carbocycles. The van der Waals surface area contributed by atoms with Crippen LogP contribution in [-0.4, -0.2) is 16.8 Å². The highest BCUT2D eigenvalue weighted by atomic mass is 79.9. The lowest BCUT2D eigenvalue weighted by molar-refractivity contribution is 0.561. The molecule has 1 N–H and O–H groups in total. The summed E-state index contributed by atoms with van der Waals surface area (Å²) < 4.78 is 3.06. The van der Waals surface area contributed by atoms with E-state index in [2.05, 4.69) is 64.5 Å². The Morgan fingerprint density at radius 2 is 2.00 bits per heavy atom. The van der Waals surface area contributed by atoms with Gasteiger partial charge in [0, 0.05) is 6.54 Å². The van der Waals surface area contributed by atoms with E-state index in [1.54, 1.807) is 0 Å². The lowest BCUT2D eigenvalue weighted by atomic mass is 10.0. The van der Waals surface area contributed by atoms with Crippen LogP contribution in [0.2, 0.25) is 0 Å². The average molecular weight is 308 g/mol. The second-order valence-electron chi connectivity index (χ2n) is 4.33. The van der Waals surface area contributed by atoms with Gasteiger partial charge in [0.05, 0.1) is 22.4 Å². The van der Waals surface area contributed by atoms with Crippen molar-refractivity contribution in [2.75, 3.05) is 7.05 Å². The van der Waals surface area contributed by atoms with Crippen molar-refractivity contribution in [1.82, 2.24) is 15.1 Å². The van der Waals surface area contributed by atoms with Gasteiger partial charge in [-0.25, -0.2) is 0 Å². The first-order valence-electron chi connectivity index (χ1n) is 6.12. The Labute approximate surface area is 116 Å². The largest absolute Gasteiger partial charge is 0.308 e. The van der Waals surface area contributed by atoms with Crippen LogP contribution in [0, 0.1) is 6.92 Å². The third kappa shape index (κ3) is 2.49. The number of aryl methyl sites for hydroxylation is 2. The van der Waals surface area contributed by atoms with Crippen LogP contribution in [0.25, 0.3) is 0 Å². The van der Waals surface area contributed by atoms with E-state index in [-0.39, 0.29) is 6.04 Å². The molecule has 0 bridgehead atoms. The van der Waals surface area contributed by atoms with Gasteiger partial charge in [0.25, 0.3) is 0 Å². The zero-order valence-electron chi connectivity index (χ0n) is 10.9. The van der Waals surface area contributed by atoms with E-state index < -0.39 is 0 Å². The van der Waals surface area contributed by atoms with Crippen molar-refractivity contribution in [1.29, 1.82) is 0 Å². The minimum atomic E-state index is 0.155. The molecule has 0 aliphatic heterocycles. The number of aromatic nitrogens is 2. The second kappa shape index (κ2) is 5.67. The summed E-state index contributed by atoms with van der Waals surface area (Å²) in [7, 11) is 1.98. The minimum Gasteiger partial charge on any atom is -0.308 e. The van der Waals surface area contributed by atoms with Crippen LogP contribution in [0.15, 0.2) is 34.9 Å². The van der Waals surface area contributed by atoms with Crippen molar-refractivity contribution >= 4 is 15.9 Å². The molecular formula is C14H18BrN3. The molecule has 1 heterocycles. The molecule has 1 atom stereocenters. The molecule has 2 rings (SSSR count). The van der Waals surface area contributed by atoms with Gasteiger partial charge in [0.1, 0.15) is 0 Å². The Morgan fingerprint density at radius 3 is 2.56 bits per heavy atom. The van der Waals surface area contributed by atoms with Crippen molar-refractivity contribution in [3.8, 4) is 0 Å². The van der Waals surface area contributed by atoms with E-state index in [9.17, 15) is 0 Å². The molecule has 0 saturated carbocycles. The van der Waals surface area contributed by atoms with Gasteiger partial charge in [-0.1, -0.05) is 29.8 Å². The molecule has 0 aliphatic rings. The molecule has 4 heteroatoms. The predicted octanol–water partition coefficient (Wildman–Crippen LogP) is 3.28. The van der Waals surface area contributed by atoms with E-state index >= 15 is 0 Å². The summed E-state index contributed by atoms with van der Waals surface area (Å²) in [5.41, 5.74) is 3.69. The van der Waals surface area contributed by atoms with Crippen molar-refractivity contribution in [2.45, 2.75) is 26.4 Å². The highest BCUT2D eigenvalue weighted by Crippen LogP contribution is 2.28. The Balaban J connectivity index is 2.44. The molecule has 1 aromatic carbocycles. The van der Waals surface area contributed by atoms with Gasteiger partial charge >= 0.3 is 0 Å². The van der Waals surface area contributed by atoms with Crippen molar-refractivity contribution in [3.05, 3.63) is 51.8 Å². The molecule has 0 saturated heterocycles. The molecule has 0 amide bonds. The second-order valence-corrected chi connectivity index (χ2v) is 5.18. The van der Waals surface area contributed by atoms with Crippen LogP contribution in [0.3, 0.4) is 0 Å². The number of nitrogens with one attached hydrogen (secondary N) is 1. The molecule has 18 heavy (non-hydrogen) atoms. The van der Waals surface area contributed by atoms with Crippen molar-refractivity contribution in [2.24, 2.45) is 0 Å². The fourth-order valence-corrected chi connectivity index (χ4v) is 2.66. The van der Waals surface area contributed by atoms with E-state index in [1.165, 1.54) is 16.8 Å². The van der Waals surface area contributed by atoms with E-state index in [4.69, 9.17) is 0 Å². The molecule has 0 fully saturated rings. The van der Waals surface area contributed by atoms with Crippen LogP contribution >= 0.6 is 15.9 Å². The van der Waals surface area contributed by atoms with Gasteiger partial charge in [0.15, 0.2) is 0 Å². The maximum Gasteiger partial charge on any atom is 0.0757 e. The average Bonchev–Trinajstić information content (AvgIpc) is 2.74. The maximum absolute atomic E-state index is 4.38. The number of nitrogens with zero attached hydrogens (tertiary/aromatic N) is 2. The van der Waals surface area contributed by atoms with Crippen molar-refractivity contribution in [3.63, 3.8) is 0 Å². The van der Waals surface area contributed by atoms with E-state index in [0.717, 1.165) is 11.0 Å². The first-order chi connectivity index (χ1) is 8.67. The molecule has 1 unspecified atom stereocenters. The van der Waals surface area contributed by atoms with Crippen LogP contribution in [-0.2, 0) is 6.54 Å². The number of halogens is 1. The molecule has 96 valence electrons. The molecule has 0 spiro atoms. The van der Waals surface area contributed by atoms with E-state index in [1.807, 2.05) is 17.9 Å². The first kappa shape index (κ1) is 13.3. The maximum atomic E-state index is 4.38. The molecule has 2 aromatic rings. The fraction of sp³-hybridized carbons (Fsp3) is 0.357. The summed E-state index contributed by atoms with van der Waals surface area (Å²) >= 11 is 3.59. The normalized spacial score (nSPS) is 12.7. The summed E-state index contributed by atoms with van der Waals surface area (Å²) in [5.74, 6) is 0. The standard InChI is InChI=1S/C14H18BrN3/c1-4-18-14(12(15)9-17-18)13(16-3)11-7-5-10(2)6-8-11/h5-9,13,16H,4H2,1-3H3. The zero-order valence-corrected chi connectivity index (χ0v) is 12.5. The van der Waals surface area contributed by atoms with Gasteiger partial charge in [-0.2, -0.15) is 5.10 Å². The highest BCUT2D eigenvalue weighted by Gasteiger charge is 2.19. The molecule has 3 nitrogen and oxygen atoms in total. The summed E-state index contributed by atoms with van der Waals surface area (Å²) in [6.07, 6.45) is 1.86. The van der Waals surface area contributed by atoms with Crippen molar-refractivity contribution < 1.29 is 0 Å². The molecule has 1 aromatic heterocycles. The smallest absolute Gasteiger partial charge is 0.0757 e. The van der Waals surface area contributed by atoms with Gasteiger partial charge in [0.2, 0.25) is 0 Å². The lowest BCUT2D eigenvalue weighted by Gasteiger charge is -2.19. The Hall–Kier alpha value is -1.13. The van der Waals surface area contributed by atoms with Gasteiger partial charge < -0.3 is 5.32 Å². The Kier molecular flexibility index (Phi) is 4.19. The van der Waals surface area contributed by atoms with Crippen LogP contribution in [0.5, 0.6) is 0 Å². The number of benzene rings is 1. The van der Waals surface area contributed by atoms with Gasteiger partial charge in [-0.15, -0.1) is 0 Å². The third-order valence-electron chi connectivity index (χ3n) is 3.11. The fourth-order valence-electron chi connectivity index (χ4n) is 2.13. The summed E-state index contributed by atoms with van der Waals surface area (Å²) in [6, 6.07) is 8.76. The Morgan fingerprint density at radius 1 is 1.33 bits per heavy atom. The Bertz CT molecular complexity index is 516. The summed E-state index contributed by atoms with van der Waals surface area (Å²) in [4.78, 5) is 0. The van der Waals surface area contributed by atoms with Crippen LogP contribution in [0.4, 0.5) is 0 Å². The van der Waals surface area contributed by atoms with Gasteiger partial charge in [-0.3, -0.25) is 4.68 Å². The van der Waals surface area contributed by atoms with Crippen LogP contribution in [0.1, 0.15) is 29.8 Å². The number of rotatable bonds is 4.